The molecule has 0 spiro atoms. The van der Waals surface area contributed by atoms with Gasteiger partial charge in [-0.3, -0.25) is 4.79 Å². The van der Waals surface area contributed by atoms with Crippen LogP contribution in [-0.4, -0.2) is 5.91 Å². The molecule has 0 unspecified atom stereocenters. The fraction of sp³-hybridized carbons (Fsp3) is 0.292. The van der Waals surface area contributed by atoms with E-state index < -0.39 is 0 Å². The average Bonchev–Trinajstić information content (AvgIpc) is 2.64. The van der Waals surface area contributed by atoms with Crippen LogP contribution in [0.15, 0.2) is 59.8 Å². The molecule has 2 rings (SSSR count). The van der Waals surface area contributed by atoms with E-state index >= 15 is 0 Å². The third-order valence-corrected chi connectivity index (χ3v) is 4.39. The van der Waals surface area contributed by atoms with Gasteiger partial charge in [-0.05, 0) is 62.9 Å². The standard InChI is InChI=1S/C24H30N2O2/c1-6-7-8-22(19(5)25)24(27)26-15-20-9-11-21(12-10-20)28-23-17(3)13-16(2)14-18(23)4/h7-14H,6,15,25H2,1-5H3,(H,26,27)/b8-7-,22-19-. The molecule has 4 heteroatoms. The second-order valence-electron chi connectivity index (χ2n) is 7.06. The van der Waals surface area contributed by atoms with Crippen LogP contribution in [0.2, 0.25) is 0 Å². The number of allylic oxidation sites excluding steroid dienone is 2. The van der Waals surface area contributed by atoms with Crippen molar-refractivity contribution in [2.24, 2.45) is 5.73 Å². The Morgan fingerprint density at radius 3 is 2.25 bits per heavy atom. The molecule has 2 aromatic rings. The summed E-state index contributed by atoms with van der Waals surface area (Å²) >= 11 is 0. The Morgan fingerprint density at radius 2 is 1.71 bits per heavy atom. The molecule has 28 heavy (non-hydrogen) atoms. The van der Waals surface area contributed by atoms with E-state index in [1.165, 1.54) is 5.56 Å². The number of hydrogen-bond donors (Lipinski definition) is 2. The zero-order valence-electron chi connectivity index (χ0n) is 17.4. The molecular formula is C24H30N2O2. The minimum absolute atomic E-state index is 0.170. The van der Waals surface area contributed by atoms with Gasteiger partial charge in [0, 0.05) is 12.2 Å². The smallest absolute Gasteiger partial charge is 0.253 e. The second-order valence-corrected chi connectivity index (χ2v) is 7.06. The van der Waals surface area contributed by atoms with Gasteiger partial charge in [-0.2, -0.15) is 0 Å². The molecule has 0 heterocycles. The van der Waals surface area contributed by atoms with E-state index in [0.29, 0.717) is 17.8 Å². The second kappa shape index (κ2) is 9.79. The van der Waals surface area contributed by atoms with Gasteiger partial charge in [-0.1, -0.05) is 48.9 Å². The van der Waals surface area contributed by atoms with Crippen LogP contribution in [0.4, 0.5) is 0 Å². The first-order valence-electron chi connectivity index (χ1n) is 9.57. The number of ether oxygens (including phenoxy) is 1. The molecular weight excluding hydrogens is 348 g/mol. The van der Waals surface area contributed by atoms with E-state index in [1.54, 1.807) is 13.0 Å². The highest BCUT2D eigenvalue weighted by Crippen LogP contribution is 2.29. The topological polar surface area (TPSA) is 64.3 Å². The number of rotatable bonds is 7. The molecule has 0 bridgehead atoms. The van der Waals surface area contributed by atoms with Crippen molar-refractivity contribution in [3.05, 3.63) is 82.1 Å². The van der Waals surface area contributed by atoms with E-state index in [1.807, 2.05) is 37.3 Å². The molecule has 0 fully saturated rings. The van der Waals surface area contributed by atoms with Crippen LogP contribution >= 0.6 is 0 Å². The Bertz CT molecular complexity index is 866. The summed E-state index contributed by atoms with van der Waals surface area (Å²) in [6.45, 7) is 10.4. The monoisotopic (exact) mass is 378 g/mol. The number of nitrogens with one attached hydrogen (secondary N) is 1. The molecule has 2 aromatic carbocycles. The van der Waals surface area contributed by atoms with Crippen LogP contribution < -0.4 is 15.8 Å². The van der Waals surface area contributed by atoms with E-state index in [2.05, 4.69) is 38.2 Å². The number of amides is 1. The van der Waals surface area contributed by atoms with Crippen molar-refractivity contribution in [1.29, 1.82) is 0 Å². The van der Waals surface area contributed by atoms with Crippen LogP contribution in [0.25, 0.3) is 0 Å². The lowest BCUT2D eigenvalue weighted by molar-refractivity contribution is -0.117. The minimum Gasteiger partial charge on any atom is -0.457 e. The summed E-state index contributed by atoms with van der Waals surface area (Å²) in [5.41, 5.74) is 11.3. The molecule has 0 aliphatic heterocycles. The highest BCUT2D eigenvalue weighted by Gasteiger charge is 2.09. The molecule has 0 saturated heterocycles. The van der Waals surface area contributed by atoms with Gasteiger partial charge in [-0.25, -0.2) is 0 Å². The lowest BCUT2D eigenvalue weighted by atomic mass is 10.1. The first-order valence-corrected chi connectivity index (χ1v) is 9.57. The fourth-order valence-electron chi connectivity index (χ4n) is 3.02. The van der Waals surface area contributed by atoms with Gasteiger partial charge in [0.25, 0.3) is 5.91 Å². The Hall–Kier alpha value is -3.01. The maximum Gasteiger partial charge on any atom is 0.253 e. The Balaban J connectivity index is 2.03. The number of aryl methyl sites for hydroxylation is 3. The van der Waals surface area contributed by atoms with Crippen molar-refractivity contribution in [2.45, 2.75) is 47.6 Å². The van der Waals surface area contributed by atoms with Crippen molar-refractivity contribution in [1.82, 2.24) is 5.32 Å². The molecule has 0 aliphatic rings. The molecule has 0 aromatic heterocycles. The number of carbonyl (C=O) groups excluding carboxylic acids is 1. The van der Waals surface area contributed by atoms with Gasteiger partial charge in [-0.15, -0.1) is 0 Å². The predicted molar refractivity (Wildman–Crippen MR) is 115 cm³/mol. The van der Waals surface area contributed by atoms with E-state index in [4.69, 9.17) is 10.5 Å². The van der Waals surface area contributed by atoms with Crippen molar-refractivity contribution in [2.75, 3.05) is 0 Å². The summed E-state index contributed by atoms with van der Waals surface area (Å²) in [5, 5.41) is 2.91. The summed E-state index contributed by atoms with van der Waals surface area (Å²) in [4.78, 5) is 12.3. The molecule has 0 aliphatic carbocycles. The largest absolute Gasteiger partial charge is 0.457 e. The van der Waals surface area contributed by atoms with Crippen LogP contribution in [0.3, 0.4) is 0 Å². The van der Waals surface area contributed by atoms with E-state index in [0.717, 1.165) is 34.6 Å². The molecule has 148 valence electrons. The number of benzene rings is 2. The Kier molecular flexibility index (Phi) is 7.44. The normalized spacial score (nSPS) is 12.0. The summed E-state index contributed by atoms with van der Waals surface area (Å²) < 4.78 is 6.07. The summed E-state index contributed by atoms with van der Waals surface area (Å²) in [6.07, 6.45) is 4.55. The fourth-order valence-corrected chi connectivity index (χ4v) is 3.02. The van der Waals surface area contributed by atoms with Gasteiger partial charge >= 0.3 is 0 Å². The van der Waals surface area contributed by atoms with Crippen LogP contribution in [0.5, 0.6) is 11.5 Å². The zero-order valence-corrected chi connectivity index (χ0v) is 17.4. The maximum atomic E-state index is 12.3. The number of nitrogens with two attached hydrogens (primary N) is 1. The zero-order chi connectivity index (χ0) is 20.7. The summed E-state index contributed by atoms with van der Waals surface area (Å²) in [6, 6.07) is 12.0. The molecule has 0 atom stereocenters. The third kappa shape index (κ3) is 5.74. The molecule has 1 amide bonds. The van der Waals surface area contributed by atoms with Crippen molar-refractivity contribution < 1.29 is 9.53 Å². The van der Waals surface area contributed by atoms with Gasteiger partial charge < -0.3 is 15.8 Å². The highest BCUT2D eigenvalue weighted by atomic mass is 16.5. The van der Waals surface area contributed by atoms with Crippen molar-refractivity contribution in [3.63, 3.8) is 0 Å². The number of hydrogen-bond acceptors (Lipinski definition) is 3. The van der Waals surface area contributed by atoms with Gasteiger partial charge in [0.05, 0.1) is 5.57 Å². The van der Waals surface area contributed by atoms with E-state index in [-0.39, 0.29) is 5.91 Å². The Labute approximate surface area is 168 Å². The molecule has 0 radical (unpaired) electrons. The lowest BCUT2D eigenvalue weighted by Crippen LogP contribution is -2.25. The van der Waals surface area contributed by atoms with E-state index in [9.17, 15) is 4.79 Å². The first kappa shape index (κ1) is 21.3. The molecule has 0 saturated carbocycles. The lowest BCUT2D eigenvalue weighted by Gasteiger charge is -2.13. The quantitative estimate of drug-likeness (QED) is 0.513. The van der Waals surface area contributed by atoms with Crippen molar-refractivity contribution in [3.8, 4) is 11.5 Å². The van der Waals surface area contributed by atoms with Gasteiger partial charge in [0.1, 0.15) is 11.5 Å². The highest BCUT2D eigenvalue weighted by molar-refractivity contribution is 5.96. The molecule has 3 N–H and O–H groups in total. The van der Waals surface area contributed by atoms with Crippen LogP contribution in [0, 0.1) is 20.8 Å². The minimum atomic E-state index is -0.170. The van der Waals surface area contributed by atoms with Crippen LogP contribution in [-0.2, 0) is 11.3 Å². The maximum absolute atomic E-state index is 12.3. The average molecular weight is 379 g/mol. The molecule has 4 nitrogen and oxygen atoms in total. The third-order valence-electron chi connectivity index (χ3n) is 4.39. The Morgan fingerprint density at radius 1 is 1.11 bits per heavy atom. The van der Waals surface area contributed by atoms with Crippen LogP contribution in [0.1, 0.15) is 42.5 Å². The SMILES string of the molecule is CC/C=C\C(C(=O)NCc1ccc(Oc2c(C)cc(C)cc2C)cc1)=C(/C)N. The van der Waals surface area contributed by atoms with Gasteiger partial charge in [0.2, 0.25) is 0 Å². The van der Waals surface area contributed by atoms with Gasteiger partial charge in [0.15, 0.2) is 0 Å². The van der Waals surface area contributed by atoms with Crippen molar-refractivity contribution >= 4 is 5.91 Å². The summed E-state index contributed by atoms with van der Waals surface area (Å²) in [7, 11) is 0. The predicted octanol–water partition coefficient (Wildman–Crippen LogP) is 5.22. The first-order chi connectivity index (χ1) is 13.3. The number of carbonyl (C=O) groups is 1. The summed E-state index contributed by atoms with van der Waals surface area (Å²) in [5.74, 6) is 1.49.